The summed E-state index contributed by atoms with van der Waals surface area (Å²) in [5, 5.41) is 9.08. The second-order valence-electron chi connectivity index (χ2n) is 4.43. The third-order valence-electron chi connectivity index (χ3n) is 3.23. The molecule has 2 aliphatic rings. The first kappa shape index (κ1) is 13.2. The smallest absolute Gasteiger partial charge is 0.327 e. The molecule has 2 fully saturated rings. The van der Waals surface area contributed by atoms with Crippen LogP contribution in [-0.2, 0) is 14.4 Å². The number of amides is 2. The van der Waals surface area contributed by atoms with Crippen LogP contribution in [0.25, 0.3) is 0 Å². The Bertz CT molecular complexity index is 374. The molecule has 0 aliphatic carbocycles. The van der Waals surface area contributed by atoms with Gasteiger partial charge in [0.1, 0.15) is 6.04 Å². The molecule has 2 heterocycles. The average molecular weight is 272 g/mol. The van der Waals surface area contributed by atoms with E-state index in [9.17, 15) is 14.4 Å². The molecule has 2 saturated heterocycles. The molecule has 100 valence electrons. The number of thioether (sulfide) groups is 1. The highest BCUT2D eigenvalue weighted by Crippen LogP contribution is 2.18. The Balaban J connectivity index is 1.97. The van der Waals surface area contributed by atoms with Gasteiger partial charge in [0.2, 0.25) is 11.8 Å². The highest BCUT2D eigenvalue weighted by Gasteiger charge is 2.34. The molecule has 2 rings (SSSR count). The number of rotatable bonds is 3. The quantitative estimate of drug-likeness (QED) is 0.759. The molecule has 1 atom stereocenters. The first-order chi connectivity index (χ1) is 8.59. The summed E-state index contributed by atoms with van der Waals surface area (Å²) in [5.41, 5.74) is 0. The van der Waals surface area contributed by atoms with Crippen LogP contribution in [0.5, 0.6) is 0 Å². The summed E-state index contributed by atoms with van der Waals surface area (Å²) in [4.78, 5) is 37.5. The van der Waals surface area contributed by atoms with Crippen LogP contribution in [-0.4, -0.2) is 69.9 Å². The number of aliphatic carboxylic acids is 1. The van der Waals surface area contributed by atoms with E-state index in [4.69, 9.17) is 5.11 Å². The van der Waals surface area contributed by atoms with E-state index in [1.807, 2.05) is 0 Å². The molecule has 0 saturated carbocycles. The van der Waals surface area contributed by atoms with Crippen LogP contribution in [0, 0.1) is 0 Å². The summed E-state index contributed by atoms with van der Waals surface area (Å²) in [5.74, 6) is -0.0544. The number of carbonyl (C=O) groups excluding carboxylic acids is 2. The number of hydrogen-bond donors (Lipinski definition) is 1. The van der Waals surface area contributed by atoms with Gasteiger partial charge in [-0.15, -0.1) is 0 Å². The molecule has 1 unspecified atom stereocenters. The predicted molar refractivity (Wildman–Crippen MR) is 66.3 cm³/mol. The number of carboxylic acid groups (broad SMARTS) is 1. The lowest BCUT2D eigenvalue weighted by atomic mass is 10.2. The van der Waals surface area contributed by atoms with Crippen molar-refractivity contribution in [2.45, 2.75) is 18.9 Å². The summed E-state index contributed by atoms with van der Waals surface area (Å²) in [6.07, 6.45) is 1.27. The molecule has 0 aromatic rings. The van der Waals surface area contributed by atoms with Crippen molar-refractivity contribution in [3.63, 3.8) is 0 Å². The molecule has 0 aromatic carbocycles. The van der Waals surface area contributed by atoms with Crippen molar-refractivity contribution >= 4 is 29.5 Å². The van der Waals surface area contributed by atoms with Crippen molar-refractivity contribution in [2.75, 3.05) is 31.1 Å². The Morgan fingerprint density at radius 3 is 2.78 bits per heavy atom. The molecule has 0 bridgehead atoms. The Morgan fingerprint density at radius 2 is 2.17 bits per heavy atom. The number of carbonyl (C=O) groups is 3. The van der Waals surface area contributed by atoms with Crippen LogP contribution in [0.1, 0.15) is 12.8 Å². The van der Waals surface area contributed by atoms with E-state index in [1.54, 1.807) is 11.8 Å². The van der Waals surface area contributed by atoms with Crippen LogP contribution < -0.4 is 0 Å². The number of carboxylic acids is 1. The third kappa shape index (κ3) is 2.77. The summed E-state index contributed by atoms with van der Waals surface area (Å²) in [6.45, 7) is 1.07. The van der Waals surface area contributed by atoms with Crippen molar-refractivity contribution in [1.29, 1.82) is 0 Å². The molecule has 0 spiro atoms. The lowest BCUT2D eigenvalue weighted by Crippen LogP contribution is -2.53. The van der Waals surface area contributed by atoms with Crippen molar-refractivity contribution in [2.24, 2.45) is 0 Å². The van der Waals surface area contributed by atoms with Crippen molar-refractivity contribution in [1.82, 2.24) is 9.80 Å². The van der Waals surface area contributed by atoms with Crippen LogP contribution >= 0.6 is 11.8 Å². The molecule has 2 aliphatic heterocycles. The second kappa shape index (κ2) is 5.60. The highest BCUT2D eigenvalue weighted by molar-refractivity contribution is 7.99. The SMILES string of the molecule is O=C(O)C1CSCCN1C(=O)CN1CCCC1=O. The maximum atomic E-state index is 12.1. The van der Waals surface area contributed by atoms with Crippen molar-refractivity contribution < 1.29 is 19.5 Å². The van der Waals surface area contributed by atoms with Gasteiger partial charge in [0.05, 0.1) is 6.54 Å². The molecule has 7 heteroatoms. The van der Waals surface area contributed by atoms with E-state index in [0.717, 1.165) is 12.2 Å². The van der Waals surface area contributed by atoms with E-state index >= 15 is 0 Å². The number of hydrogen-bond acceptors (Lipinski definition) is 4. The molecule has 6 nitrogen and oxygen atoms in total. The monoisotopic (exact) mass is 272 g/mol. The maximum absolute atomic E-state index is 12.1. The minimum Gasteiger partial charge on any atom is -0.480 e. The summed E-state index contributed by atoms with van der Waals surface area (Å²) in [6, 6.07) is -0.756. The van der Waals surface area contributed by atoms with Gasteiger partial charge in [-0.1, -0.05) is 0 Å². The molecule has 1 N–H and O–H groups in total. The van der Waals surface area contributed by atoms with Gasteiger partial charge < -0.3 is 14.9 Å². The fourth-order valence-electron chi connectivity index (χ4n) is 2.23. The minimum atomic E-state index is -0.969. The predicted octanol–water partition coefficient (Wildman–Crippen LogP) is -0.363. The molecular weight excluding hydrogens is 256 g/mol. The van der Waals surface area contributed by atoms with E-state index in [1.165, 1.54) is 9.80 Å². The largest absolute Gasteiger partial charge is 0.480 e. The van der Waals surface area contributed by atoms with Crippen LogP contribution in [0.15, 0.2) is 0 Å². The minimum absolute atomic E-state index is 0.0124. The van der Waals surface area contributed by atoms with Crippen LogP contribution in [0.3, 0.4) is 0 Å². The average Bonchev–Trinajstić information content (AvgIpc) is 2.75. The van der Waals surface area contributed by atoms with Gasteiger partial charge in [-0.2, -0.15) is 11.8 Å². The van der Waals surface area contributed by atoms with Gasteiger partial charge in [-0.05, 0) is 6.42 Å². The van der Waals surface area contributed by atoms with Gasteiger partial charge in [-0.3, -0.25) is 9.59 Å². The standard InChI is InChI=1S/C11H16N2O4S/c14-9-2-1-3-12(9)6-10(15)13-4-5-18-7-8(13)11(16)17/h8H,1-7H2,(H,16,17). The maximum Gasteiger partial charge on any atom is 0.327 e. The van der Waals surface area contributed by atoms with Gasteiger partial charge in [0.25, 0.3) is 0 Å². The van der Waals surface area contributed by atoms with E-state index in [2.05, 4.69) is 0 Å². The van der Waals surface area contributed by atoms with Gasteiger partial charge in [0.15, 0.2) is 0 Å². The van der Waals surface area contributed by atoms with E-state index in [-0.39, 0.29) is 18.4 Å². The molecule has 2 amide bonds. The van der Waals surface area contributed by atoms with Crippen LogP contribution in [0.4, 0.5) is 0 Å². The van der Waals surface area contributed by atoms with Gasteiger partial charge in [0, 0.05) is 31.0 Å². The lowest BCUT2D eigenvalue weighted by Gasteiger charge is -2.33. The van der Waals surface area contributed by atoms with Crippen molar-refractivity contribution in [3.05, 3.63) is 0 Å². The zero-order chi connectivity index (χ0) is 13.1. The Labute approximate surface area is 109 Å². The Hall–Kier alpha value is -1.24. The first-order valence-electron chi connectivity index (χ1n) is 5.97. The summed E-state index contributed by atoms with van der Waals surface area (Å²) < 4.78 is 0. The van der Waals surface area contributed by atoms with Gasteiger partial charge >= 0.3 is 5.97 Å². The topological polar surface area (TPSA) is 77.9 Å². The molecule has 0 radical (unpaired) electrons. The zero-order valence-corrected chi connectivity index (χ0v) is 10.8. The number of nitrogens with zero attached hydrogens (tertiary/aromatic N) is 2. The van der Waals surface area contributed by atoms with Crippen molar-refractivity contribution in [3.8, 4) is 0 Å². The normalized spacial score (nSPS) is 24.4. The highest BCUT2D eigenvalue weighted by atomic mass is 32.2. The van der Waals surface area contributed by atoms with Crippen LogP contribution in [0.2, 0.25) is 0 Å². The van der Waals surface area contributed by atoms with E-state index < -0.39 is 12.0 Å². The van der Waals surface area contributed by atoms with E-state index in [0.29, 0.717) is 25.3 Å². The third-order valence-corrected chi connectivity index (χ3v) is 4.25. The first-order valence-corrected chi connectivity index (χ1v) is 7.13. The summed E-state index contributed by atoms with van der Waals surface area (Å²) >= 11 is 1.54. The molecule has 0 aromatic heterocycles. The molecule has 18 heavy (non-hydrogen) atoms. The fraction of sp³-hybridized carbons (Fsp3) is 0.727. The fourth-order valence-corrected chi connectivity index (χ4v) is 3.27. The second-order valence-corrected chi connectivity index (χ2v) is 5.58. The summed E-state index contributed by atoms with van der Waals surface area (Å²) in [7, 11) is 0. The zero-order valence-electron chi connectivity index (χ0n) is 10.0. The van der Waals surface area contributed by atoms with Gasteiger partial charge in [-0.25, -0.2) is 4.79 Å². The molecular formula is C11H16N2O4S. The Kier molecular flexibility index (Phi) is 4.11. The number of likely N-dealkylation sites (tertiary alicyclic amines) is 1. The Morgan fingerprint density at radius 1 is 1.39 bits per heavy atom. The lowest BCUT2D eigenvalue weighted by molar-refractivity contribution is -0.150.